The molecule has 0 amide bonds. The van der Waals surface area contributed by atoms with Gasteiger partial charge in [0, 0.05) is 23.7 Å². The quantitative estimate of drug-likeness (QED) is 0.805. The molecule has 0 aliphatic rings. The highest BCUT2D eigenvalue weighted by molar-refractivity contribution is 6.30. The van der Waals surface area contributed by atoms with Gasteiger partial charge in [-0.05, 0) is 19.1 Å². The highest BCUT2D eigenvalue weighted by Crippen LogP contribution is 2.22. The minimum Gasteiger partial charge on any atom is -0.278 e. The molecule has 0 saturated heterocycles. The van der Waals surface area contributed by atoms with Crippen LogP contribution in [0.3, 0.4) is 0 Å². The highest BCUT2D eigenvalue weighted by Gasteiger charge is 2.04. The van der Waals surface area contributed by atoms with E-state index in [-0.39, 0.29) is 0 Å². The molecule has 0 radical (unpaired) electrons. The van der Waals surface area contributed by atoms with Crippen LogP contribution in [0.4, 0.5) is 0 Å². The van der Waals surface area contributed by atoms with Crippen molar-refractivity contribution in [3.8, 4) is 11.3 Å². The fourth-order valence-corrected chi connectivity index (χ4v) is 1.34. The summed E-state index contributed by atoms with van der Waals surface area (Å²) in [7, 11) is 0. The number of aryl methyl sites for hydroxylation is 1. The van der Waals surface area contributed by atoms with Gasteiger partial charge in [-0.25, -0.2) is 0 Å². The number of hydrogen-bond donors (Lipinski definition) is 1. The van der Waals surface area contributed by atoms with Gasteiger partial charge in [0.15, 0.2) is 0 Å². The third-order valence-electron chi connectivity index (χ3n) is 1.84. The van der Waals surface area contributed by atoms with Gasteiger partial charge in [0.1, 0.15) is 0 Å². The van der Waals surface area contributed by atoms with Crippen molar-refractivity contribution in [3.05, 3.63) is 35.2 Å². The summed E-state index contributed by atoms with van der Waals surface area (Å²) in [6.07, 6.45) is 3.34. The first-order valence-corrected chi connectivity index (χ1v) is 5.27. The third kappa shape index (κ3) is 2.80. The molecule has 0 unspecified atom stereocenters. The molecule has 0 aromatic carbocycles. The number of halogens is 1. The lowest BCUT2D eigenvalue weighted by molar-refractivity contribution is 1.09. The van der Waals surface area contributed by atoms with Crippen LogP contribution in [0.15, 0.2) is 24.5 Å². The van der Waals surface area contributed by atoms with Crippen LogP contribution < -0.4 is 0 Å². The summed E-state index contributed by atoms with van der Waals surface area (Å²) in [4.78, 5) is 4.15. The van der Waals surface area contributed by atoms with Crippen molar-refractivity contribution in [2.24, 2.45) is 0 Å². The Morgan fingerprint density at radius 2 is 2.07 bits per heavy atom. The number of pyridine rings is 1. The lowest BCUT2D eigenvalue weighted by Gasteiger charge is -2.01. The van der Waals surface area contributed by atoms with Gasteiger partial charge in [-0.15, -0.1) is 0 Å². The van der Waals surface area contributed by atoms with E-state index in [9.17, 15) is 0 Å². The lowest BCUT2D eigenvalue weighted by atomic mass is 10.1. The molecule has 0 aliphatic carbocycles. The van der Waals surface area contributed by atoms with Crippen LogP contribution in [0.1, 0.15) is 19.5 Å². The largest absolute Gasteiger partial charge is 0.278 e. The Labute approximate surface area is 94.5 Å². The molecule has 3 nitrogen and oxygen atoms in total. The maximum atomic E-state index is 5.84. The average Bonchev–Trinajstić information content (AvgIpc) is 2.78. The molecule has 4 heteroatoms. The number of H-pyrrole nitrogens is 1. The maximum Gasteiger partial charge on any atom is 0.0668 e. The lowest BCUT2D eigenvalue weighted by Crippen LogP contribution is -1.87. The van der Waals surface area contributed by atoms with E-state index in [1.807, 2.05) is 32.9 Å². The predicted octanol–water partition coefficient (Wildman–Crippen LogP) is 3.46. The monoisotopic (exact) mass is 223 g/mol. The normalized spacial score (nSPS) is 9.33. The molecule has 2 aromatic rings. The van der Waals surface area contributed by atoms with E-state index < -0.39 is 0 Å². The number of hydrogen-bond acceptors (Lipinski definition) is 2. The van der Waals surface area contributed by atoms with E-state index in [4.69, 9.17) is 11.6 Å². The molecule has 0 spiro atoms. The van der Waals surface area contributed by atoms with Crippen LogP contribution >= 0.6 is 11.6 Å². The molecule has 15 heavy (non-hydrogen) atoms. The van der Waals surface area contributed by atoms with Crippen molar-refractivity contribution in [3.63, 3.8) is 0 Å². The van der Waals surface area contributed by atoms with Crippen molar-refractivity contribution < 1.29 is 0 Å². The molecule has 0 saturated carbocycles. The molecule has 2 aromatic heterocycles. The number of aromatic amines is 1. The molecule has 0 bridgehead atoms. The number of rotatable bonds is 1. The summed E-state index contributed by atoms with van der Waals surface area (Å²) in [6.45, 7) is 5.94. The number of aromatic nitrogens is 3. The van der Waals surface area contributed by atoms with Crippen LogP contribution in [0.5, 0.6) is 0 Å². The van der Waals surface area contributed by atoms with Gasteiger partial charge in [-0.3, -0.25) is 10.1 Å². The Balaban J connectivity index is 0.000000531. The van der Waals surface area contributed by atoms with E-state index >= 15 is 0 Å². The van der Waals surface area contributed by atoms with Crippen LogP contribution in [-0.2, 0) is 0 Å². The first-order valence-electron chi connectivity index (χ1n) is 4.89. The van der Waals surface area contributed by atoms with Crippen LogP contribution in [0, 0.1) is 6.92 Å². The molecule has 2 heterocycles. The summed E-state index contributed by atoms with van der Waals surface area (Å²) in [5, 5.41) is 7.38. The Kier molecular flexibility index (Phi) is 4.31. The molecule has 0 fully saturated rings. The summed E-state index contributed by atoms with van der Waals surface area (Å²) in [5.41, 5.74) is 2.87. The minimum atomic E-state index is 0.634. The van der Waals surface area contributed by atoms with E-state index in [1.165, 1.54) is 0 Å². The zero-order valence-corrected chi connectivity index (χ0v) is 9.84. The zero-order chi connectivity index (χ0) is 11.3. The highest BCUT2D eigenvalue weighted by atomic mass is 35.5. The fourth-order valence-electron chi connectivity index (χ4n) is 1.19. The first kappa shape index (κ1) is 11.7. The summed E-state index contributed by atoms with van der Waals surface area (Å²) < 4.78 is 0. The van der Waals surface area contributed by atoms with Crippen molar-refractivity contribution >= 4 is 11.6 Å². The molecular weight excluding hydrogens is 210 g/mol. The number of nitrogens with zero attached hydrogens (tertiary/aromatic N) is 2. The zero-order valence-electron chi connectivity index (χ0n) is 9.08. The van der Waals surface area contributed by atoms with Crippen molar-refractivity contribution in [1.29, 1.82) is 0 Å². The minimum absolute atomic E-state index is 0.634. The van der Waals surface area contributed by atoms with Crippen LogP contribution in [0.2, 0.25) is 5.02 Å². The Morgan fingerprint density at radius 1 is 1.33 bits per heavy atom. The van der Waals surface area contributed by atoms with Crippen molar-refractivity contribution in [2.75, 3.05) is 0 Å². The first-order chi connectivity index (χ1) is 7.27. The Hall–Kier alpha value is -1.35. The van der Waals surface area contributed by atoms with Crippen molar-refractivity contribution in [1.82, 2.24) is 15.2 Å². The standard InChI is InChI=1S/C9H8ClN3.C2H6/c1-6-8(4-7(10)5-11-6)9-2-3-12-13-9;1-2/h2-5H,1H3,(H,12,13);1-2H3. The summed E-state index contributed by atoms with van der Waals surface area (Å²) >= 11 is 5.84. The third-order valence-corrected chi connectivity index (χ3v) is 2.05. The van der Waals surface area contributed by atoms with Gasteiger partial charge in [0.25, 0.3) is 0 Å². The van der Waals surface area contributed by atoms with Crippen LogP contribution in [-0.4, -0.2) is 15.2 Å². The molecule has 80 valence electrons. The Morgan fingerprint density at radius 3 is 2.67 bits per heavy atom. The topological polar surface area (TPSA) is 41.6 Å². The molecule has 2 rings (SSSR count). The van der Waals surface area contributed by atoms with E-state index in [0.29, 0.717) is 5.02 Å². The maximum absolute atomic E-state index is 5.84. The molecule has 0 atom stereocenters. The smallest absolute Gasteiger partial charge is 0.0668 e. The van der Waals surface area contributed by atoms with Crippen LogP contribution in [0.25, 0.3) is 11.3 Å². The van der Waals surface area contributed by atoms with Crippen molar-refractivity contribution in [2.45, 2.75) is 20.8 Å². The SMILES string of the molecule is CC.Cc1ncc(Cl)cc1-c1ccn[nH]1. The van der Waals surface area contributed by atoms with E-state index in [2.05, 4.69) is 15.2 Å². The van der Waals surface area contributed by atoms with Gasteiger partial charge in [-0.2, -0.15) is 5.10 Å². The molecule has 1 N–H and O–H groups in total. The summed E-state index contributed by atoms with van der Waals surface area (Å²) in [6, 6.07) is 3.76. The second-order valence-electron chi connectivity index (χ2n) is 2.76. The summed E-state index contributed by atoms with van der Waals surface area (Å²) in [5.74, 6) is 0. The molecule has 0 aliphatic heterocycles. The van der Waals surface area contributed by atoms with Gasteiger partial charge < -0.3 is 0 Å². The second-order valence-corrected chi connectivity index (χ2v) is 3.19. The average molecular weight is 224 g/mol. The Bertz CT molecular complexity index is 410. The molecular formula is C11H14ClN3. The second kappa shape index (κ2) is 5.51. The van der Waals surface area contributed by atoms with Gasteiger partial charge >= 0.3 is 0 Å². The van der Waals surface area contributed by atoms with Gasteiger partial charge in [0.2, 0.25) is 0 Å². The van der Waals surface area contributed by atoms with Gasteiger partial charge in [-0.1, -0.05) is 25.4 Å². The van der Waals surface area contributed by atoms with Gasteiger partial charge in [0.05, 0.1) is 10.7 Å². The number of nitrogens with one attached hydrogen (secondary N) is 1. The van der Waals surface area contributed by atoms with E-state index in [0.717, 1.165) is 17.0 Å². The predicted molar refractivity (Wildman–Crippen MR) is 62.9 cm³/mol. The van der Waals surface area contributed by atoms with E-state index in [1.54, 1.807) is 12.4 Å². The fraction of sp³-hybridized carbons (Fsp3) is 0.273.